The van der Waals surface area contributed by atoms with Crippen molar-refractivity contribution in [2.75, 3.05) is 18.2 Å². The molecule has 1 heterocycles. The maximum atomic E-state index is 12.4. The highest BCUT2D eigenvalue weighted by atomic mass is 32.2. The zero-order valence-electron chi connectivity index (χ0n) is 15.9. The molecule has 6 nitrogen and oxygen atoms in total. The van der Waals surface area contributed by atoms with Gasteiger partial charge in [-0.05, 0) is 24.6 Å². The number of carbonyl (C=O) groups excluding carboxylic acids is 1. The molecule has 0 aliphatic heterocycles. The van der Waals surface area contributed by atoms with Gasteiger partial charge in [0.2, 0.25) is 5.91 Å². The molecular formula is C21H22N4O2S. The molecule has 1 N–H and O–H groups in total. The number of rotatable bonds is 8. The van der Waals surface area contributed by atoms with Gasteiger partial charge in [-0.25, -0.2) is 0 Å². The Labute approximate surface area is 168 Å². The summed E-state index contributed by atoms with van der Waals surface area (Å²) in [6, 6.07) is 15.5. The lowest BCUT2D eigenvalue weighted by Gasteiger charge is -2.11. The first-order valence-corrected chi connectivity index (χ1v) is 9.77. The van der Waals surface area contributed by atoms with Crippen LogP contribution in [0.15, 0.2) is 66.3 Å². The van der Waals surface area contributed by atoms with Crippen molar-refractivity contribution in [3.63, 3.8) is 0 Å². The van der Waals surface area contributed by atoms with E-state index in [2.05, 4.69) is 22.1 Å². The molecule has 3 rings (SSSR count). The Bertz CT molecular complexity index is 970. The maximum Gasteiger partial charge on any atom is 0.234 e. The molecular weight excluding hydrogens is 372 g/mol. The SMILES string of the molecule is C=CCn1c(SCC(=O)Nc2cc(C)ccc2OC)nnc1-c1ccccc1. The zero-order valence-corrected chi connectivity index (χ0v) is 16.7. The van der Waals surface area contributed by atoms with Gasteiger partial charge in [0.25, 0.3) is 0 Å². The molecule has 0 bridgehead atoms. The summed E-state index contributed by atoms with van der Waals surface area (Å²) in [5.41, 5.74) is 2.67. The highest BCUT2D eigenvalue weighted by Crippen LogP contribution is 2.27. The van der Waals surface area contributed by atoms with Gasteiger partial charge >= 0.3 is 0 Å². The van der Waals surface area contributed by atoms with Gasteiger partial charge in [0, 0.05) is 12.1 Å². The fourth-order valence-electron chi connectivity index (χ4n) is 2.73. The van der Waals surface area contributed by atoms with E-state index in [1.807, 2.05) is 60.0 Å². The quantitative estimate of drug-likeness (QED) is 0.458. The van der Waals surface area contributed by atoms with E-state index in [9.17, 15) is 4.79 Å². The van der Waals surface area contributed by atoms with Crippen LogP contribution in [-0.2, 0) is 11.3 Å². The molecule has 0 unspecified atom stereocenters. The molecule has 0 saturated heterocycles. The molecule has 0 aliphatic carbocycles. The van der Waals surface area contributed by atoms with E-state index < -0.39 is 0 Å². The van der Waals surface area contributed by atoms with Gasteiger partial charge in [0.15, 0.2) is 11.0 Å². The fourth-order valence-corrected chi connectivity index (χ4v) is 3.47. The van der Waals surface area contributed by atoms with Crippen molar-refractivity contribution in [1.29, 1.82) is 0 Å². The van der Waals surface area contributed by atoms with Gasteiger partial charge in [0.1, 0.15) is 5.75 Å². The van der Waals surface area contributed by atoms with Crippen molar-refractivity contribution in [2.45, 2.75) is 18.6 Å². The van der Waals surface area contributed by atoms with Crippen molar-refractivity contribution >= 4 is 23.4 Å². The lowest BCUT2D eigenvalue weighted by molar-refractivity contribution is -0.113. The number of nitrogens with one attached hydrogen (secondary N) is 1. The molecule has 7 heteroatoms. The number of aryl methyl sites for hydroxylation is 1. The Kier molecular flexibility index (Phi) is 6.49. The number of methoxy groups -OCH3 is 1. The monoisotopic (exact) mass is 394 g/mol. The first kappa shape index (κ1) is 19.7. The molecule has 1 amide bonds. The third-order valence-electron chi connectivity index (χ3n) is 4.02. The Morgan fingerprint density at radius 3 is 2.75 bits per heavy atom. The van der Waals surface area contributed by atoms with Crippen LogP contribution in [-0.4, -0.2) is 33.5 Å². The van der Waals surface area contributed by atoms with Crippen molar-refractivity contribution in [3.8, 4) is 17.1 Å². The van der Waals surface area contributed by atoms with Crippen LogP contribution in [0.3, 0.4) is 0 Å². The third-order valence-corrected chi connectivity index (χ3v) is 4.99. The molecule has 1 aromatic heterocycles. The van der Waals surface area contributed by atoms with Crippen LogP contribution in [0.5, 0.6) is 5.75 Å². The van der Waals surface area contributed by atoms with E-state index in [0.717, 1.165) is 17.0 Å². The number of thioether (sulfide) groups is 1. The first-order chi connectivity index (χ1) is 13.6. The summed E-state index contributed by atoms with van der Waals surface area (Å²) in [4.78, 5) is 12.4. The molecule has 0 aliphatic rings. The largest absolute Gasteiger partial charge is 0.495 e. The number of carbonyl (C=O) groups is 1. The smallest absolute Gasteiger partial charge is 0.234 e. The van der Waals surface area contributed by atoms with Gasteiger partial charge in [-0.3, -0.25) is 9.36 Å². The third kappa shape index (κ3) is 4.61. The number of allylic oxidation sites excluding steroid dienone is 1. The summed E-state index contributed by atoms with van der Waals surface area (Å²) in [6.07, 6.45) is 1.79. The molecule has 2 aromatic carbocycles. The van der Waals surface area contributed by atoms with E-state index in [4.69, 9.17) is 4.74 Å². The van der Waals surface area contributed by atoms with Gasteiger partial charge in [-0.15, -0.1) is 16.8 Å². The molecule has 3 aromatic rings. The van der Waals surface area contributed by atoms with E-state index >= 15 is 0 Å². The van der Waals surface area contributed by atoms with Crippen LogP contribution in [0, 0.1) is 6.92 Å². The van der Waals surface area contributed by atoms with Crippen LogP contribution in [0.1, 0.15) is 5.56 Å². The van der Waals surface area contributed by atoms with E-state index in [1.165, 1.54) is 11.8 Å². The second-order valence-electron chi connectivity index (χ2n) is 6.11. The van der Waals surface area contributed by atoms with Crippen molar-refractivity contribution in [2.24, 2.45) is 0 Å². The highest BCUT2D eigenvalue weighted by Gasteiger charge is 2.15. The Hall–Kier alpha value is -3.06. The molecule has 0 saturated carbocycles. The van der Waals surface area contributed by atoms with Crippen LogP contribution in [0.2, 0.25) is 0 Å². The summed E-state index contributed by atoms with van der Waals surface area (Å²) in [7, 11) is 1.58. The van der Waals surface area contributed by atoms with Crippen LogP contribution in [0.25, 0.3) is 11.4 Å². The fraction of sp³-hybridized carbons (Fsp3) is 0.190. The molecule has 0 spiro atoms. The Balaban J connectivity index is 1.72. The van der Waals surface area contributed by atoms with Crippen LogP contribution >= 0.6 is 11.8 Å². The number of ether oxygens (including phenoxy) is 1. The number of nitrogens with zero attached hydrogens (tertiary/aromatic N) is 3. The summed E-state index contributed by atoms with van der Waals surface area (Å²) >= 11 is 1.34. The average Bonchev–Trinajstić information content (AvgIpc) is 3.10. The minimum absolute atomic E-state index is 0.136. The summed E-state index contributed by atoms with van der Waals surface area (Å²) in [5.74, 6) is 1.46. The van der Waals surface area contributed by atoms with E-state index in [0.29, 0.717) is 23.1 Å². The van der Waals surface area contributed by atoms with E-state index in [-0.39, 0.29) is 11.7 Å². The number of hydrogen-bond donors (Lipinski definition) is 1. The van der Waals surface area contributed by atoms with Crippen LogP contribution in [0.4, 0.5) is 5.69 Å². The van der Waals surface area contributed by atoms with E-state index in [1.54, 1.807) is 13.2 Å². The molecule has 0 fully saturated rings. The summed E-state index contributed by atoms with van der Waals surface area (Å²) < 4.78 is 7.26. The van der Waals surface area contributed by atoms with Gasteiger partial charge in [-0.1, -0.05) is 54.2 Å². The lowest BCUT2D eigenvalue weighted by Crippen LogP contribution is -2.15. The minimum Gasteiger partial charge on any atom is -0.495 e. The lowest BCUT2D eigenvalue weighted by atomic mass is 10.2. The van der Waals surface area contributed by atoms with Crippen molar-refractivity contribution in [3.05, 3.63) is 66.7 Å². The highest BCUT2D eigenvalue weighted by molar-refractivity contribution is 7.99. The molecule has 0 atom stereocenters. The number of amides is 1. The Morgan fingerprint density at radius 2 is 2.04 bits per heavy atom. The van der Waals surface area contributed by atoms with Crippen molar-refractivity contribution in [1.82, 2.24) is 14.8 Å². The topological polar surface area (TPSA) is 69.0 Å². The second-order valence-corrected chi connectivity index (χ2v) is 7.05. The number of aromatic nitrogens is 3. The summed E-state index contributed by atoms with van der Waals surface area (Å²) in [5, 5.41) is 12.1. The average molecular weight is 395 g/mol. The molecule has 0 radical (unpaired) electrons. The van der Waals surface area contributed by atoms with Crippen molar-refractivity contribution < 1.29 is 9.53 Å². The summed E-state index contributed by atoms with van der Waals surface area (Å²) in [6.45, 7) is 6.34. The molecule has 28 heavy (non-hydrogen) atoms. The normalized spacial score (nSPS) is 10.5. The maximum absolute atomic E-state index is 12.4. The zero-order chi connectivity index (χ0) is 19.9. The van der Waals surface area contributed by atoms with Gasteiger partial charge < -0.3 is 10.1 Å². The first-order valence-electron chi connectivity index (χ1n) is 8.79. The minimum atomic E-state index is -0.136. The van der Waals surface area contributed by atoms with Gasteiger partial charge in [0.05, 0.1) is 18.6 Å². The predicted octanol–water partition coefficient (Wildman–Crippen LogP) is 4.18. The number of benzene rings is 2. The second kappa shape index (κ2) is 9.23. The number of anilines is 1. The standard InChI is InChI=1S/C21H22N4O2S/c1-4-12-25-20(16-8-6-5-7-9-16)23-24-21(25)28-14-19(26)22-17-13-15(2)10-11-18(17)27-3/h4-11,13H,1,12,14H2,2-3H3,(H,22,26). The Morgan fingerprint density at radius 1 is 1.25 bits per heavy atom. The molecule has 144 valence electrons. The number of hydrogen-bond acceptors (Lipinski definition) is 5. The van der Waals surface area contributed by atoms with Crippen LogP contribution < -0.4 is 10.1 Å². The predicted molar refractivity (Wildman–Crippen MR) is 113 cm³/mol. The van der Waals surface area contributed by atoms with Gasteiger partial charge in [-0.2, -0.15) is 0 Å².